The second kappa shape index (κ2) is 12.9. The third kappa shape index (κ3) is 6.35. The first kappa shape index (κ1) is 28.1. The molecule has 0 saturated heterocycles. The third-order valence-electron chi connectivity index (χ3n) is 6.39. The number of nitriles is 1. The number of hydrogen-bond acceptors (Lipinski definition) is 8. The highest BCUT2D eigenvalue weighted by atomic mass is 32.2. The van der Waals surface area contributed by atoms with Crippen molar-refractivity contribution in [2.24, 2.45) is 0 Å². The highest BCUT2D eigenvalue weighted by Crippen LogP contribution is 2.37. The Hall–Kier alpha value is -4.39. The van der Waals surface area contributed by atoms with Gasteiger partial charge in [0.25, 0.3) is 0 Å². The fraction of sp³-hybridized carbons (Fsp3) is 0.188. The number of fused-ring (bicyclic) bond motifs is 1. The molecule has 0 bridgehead atoms. The summed E-state index contributed by atoms with van der Waals surface area (Å²) >= 11 is 2.69. The van der Waals surface area contributed by atoms with Gasteiger partial charge >= 0.3 is 0 Å². The van der Waals surface area contributed by atoms with Crippen LogP contribution in [0.5, 0.6) is 11.5 Å². The van der Waals surface area contributed by atoms with E-state index in [4.69, 9.17) is 14.5 Å². The molecule has 9 heteroatoms. The van der Waals surface area contributed by atoms with Crippen LogP contribution in [0.1, 0.15) is 25.8 Å². The molecular formula is C32H28N4O3S2. The van der Waals surface area contributed by atoms with Crippen LogP contribution in [0.2, 0.25) is 0 Å². The largest absolute Gasteiger partial charge is 0.497 e. The number of nitrogens with zero attached hydrogens (tertiary/aromatic N) is 3. The Morgan fingerprint density at radius 2 is 1.76 bits per heavy atom. The van der Waals surface area contributed by atoms with Crippen LogP contribution >= 0.6 is 23.1 Å². The molecule has 1 unspecified atom stereocenters. The average Bonchev–Trinajstić information content (AvgIpc) is 3.41. The van der Waals surface area contributed by atoms with Crippen LogP contribution in [-0.2, 0) is 4.79 Å². The minimum atomic E-state index is -0.490. The topological polar surface area (TPSA) is 97.1 Å². The number of amides is 1. The number of carbonyl (C=O) groups is 1. The minimum absolute atomic E-state index is 0.191. The number of benzene rings is 3. The van der Waals surface area contributed by atoms with E-state index >= 15 is 0 Å². The molecule has 0 aliphatic rings. The summed E-state index contributed by atoms with van der Waals surface area (Å²) in [5.41, 5.74) is 4.48. The number of thiazole rings is 1. The van der Waals surface area contributed by atoms with Crippen LogP contribution in [0.3, 0.4) is 0 Å². The Balaban J connectivity index is 1.48. The maximum atomic E-state index is 13.5. The molecule has 0 saturated carbocycles. The Bertz CT molecular complexity index is 1710. The van der Waals surface area contributed by atoms with E-state index < -0.39 is 5.25 Å². The van der Waals surface area contributed by atoms with Crippen molar-refractivity contribution >= 4 is 44.4 Å². The Morgan fingerprint density at radius 3 is 2.44 bits per heavy atom. The molecule has 0 aliphatic carbocycles. The number of thioether (sulfide) groups is 1. The molecule has 1 N–H and O–H groups in total. The Labute approximate surface area is 247 Å². The molecule has 5 rings (SSSR count). The number of anilines is 1. The van der Waals surface area contributed by atoms with E-state index in [-0.39, 0.29) is 5.91 Å². The number of rotatable bonds is 10. The summed E-state index contributed by atoms with van der Waals surface area (Å²) in [6.07, 6.45) is 0.538. The lowest BCUT2D eigenvalue weighted by atomic mass is 9.99. The van der Waals surface area contributed by atoms with E-state index in [0.717, 1.165) is 44.1 Å². The standard InChI is InChI=1S/C32H28N4O3S2/c1-4-28(30(37)36-32-35-26-16-15-23(39-5-2)17-29(26)41-32)40-31-25(19-33)24(20-11-13-22(38-3)14-12-20)18-27(34-31)21-9-7-6-8-10-21/h6-18,28H,4-5H2,1-3H3,(H,35,36,37). The zero-order valence-corrected chi connectivity index (χ0v) is 24.5. The van der Waals surface area contributed by atoms with E-state index in [1.165, 1.54) is 23.1 Å². The summed E-state index contributed by atoms with van der Waals surface area (Å²) in [7, 11) is 1.62. The molecule has 206 valence electrons. The summed E-state index contributed by atoms with van der Waals surface area (Å²) < 4.78 is 11.8. The van der Waals surface area contributed by atoms with Gasteiger partial charge in [-0.15, -0.1) is 0 Å². The lowest BCUT2D eigenvalue weighted by molar-refractivity contribution is -0.115. The van der Waals surface area contributed by atoms with E-state index in [9.17, 15) is 10.1 Å². The second-order valence-corrected chi connectivity index (χ2v) is 11.2. The summed E-state index contributed by atoms with van der Waals surface area (Å²) in [6.45, 7) is 4.46. The van der Waals surface area contributed by atoms with Crippen LogP contribution in [-0.4, -0.2) is 34.8 Å². The normalized spacial score (nSPS) is 11.6. The van der Waals surface area contributed by atoms with Gasteiger partial charge in [-0.2, -0.15) is 5.26 Å². The molecule has 5 aromatic rings. The van der Waals surface area contributed by atoms with Gasteiger partial charge in [0.1, 0.15) is 22.6 Å². The molecule has 7 nitrogen and oxygen atoms in total. The van der Waals surface area contributed by atoms with Gasteiger partial charge in [0.2, 0.25) is 5.91 Å². The third-order valence-corrected chi connectivity index (χ3v) is 8.67. The number of pyridine rings is 1. The van der Waals surface area contributed by atoms with Crippen LogP contribution in [0.15, 0.2) is 83.9 Å². The zero-order valence-electron chi connectivity index (χ0n) is 22.9. The van der Waals surface area contributed by atoms with E-state index in [0.29, 0.717) is 28.7 Å². The number of aromatic nitrogens is 2. The first-order valence-electron chi connectivity index (χ1n) is 13.2. The summed E-state index contributed by atoms with van der Waals surface area (Å²) in [5.74, 6) is 1.30. The van der Waals surface area contributed by atoms with Gasteiger partial charge in [-0.25, -0.2) is 9.97 Å². The van der Waals surface area contributed by atoms with Gasteiger partial charge in [0, 0.05) is 11.1 Å². The maximum absolute atomic E-state index is 13.5. The van der Waals surface area contributed by atoms with Gasteiger partial charge in [-0.3, -0.25) is 4.79 Å². The summed E-state index contributed by atoms with van der Waals surface area (Å²) in [5, 5.41) is 13.8. The first-order valence-corrected chi connectivity index (χ1v) is 14.9. The SMILES string of the molecule is CCOc1ccc2nc(NC(=O)C(CC)Sc3nc(-c4ccccc4)cc(-c4ccc(OC)cc4)c3C#N)sc2c1. The van der Waals surface area contributed by atoms with Crippen LogP contribution in [0.4, 0.5) is 5.13 Å². The highest BCUT2D eigenvalue weighted by Gasteiger charge is 2.24. The average molecular weight is 581 g/mol. The van der Waals surface area contributed by atoms with Crippen molar-refractivity contribution in [3.8, 4) is 40.0 Å². The van der Waals surface area contributed by atoms with Gasteiger partial charge < -0.3 is 14.8 Å². The van der Waals surface area contributed by atoms with Crippen LogP contribution < -0.4 is 14.8 Å². The van der Waals surface area contributed by atoms with Gasteiger partial charge in [0.15, 0.2) is 5.13 Å². The molecule has 0 spiro atoms. The number of carbonyl (C=O) groups excluding carboxylic acids is 1. The van der Waals surface area contributed by atoms with E-state index in [1.807, 2.05) is 92.7 Å². The van der Waals surface area contributed by atoms with Crippen molar-refractivity contribution in [2.75, 3.05) is 19.0 Å². The maximum Gasteiger partial charge on any atom is 0.239 e. The van der Waals surface area contributed by atoms with E-state index in [1.54, 1.807) is 7.11 Å². The number of methoxy groups -OCH3 is 1. The molecule has 41 heavy (non-hydrogen) atoms. The summed E-state index contributed by atoms with van der Waals surface area (Å²) in [6, 6.07) is 27.4. The van der Waals surface area contributed by atoms with Crippen LogP contribution in [0, 0.1) is 11.3 Å². The molecular weight excluding hydrogens is 553 g/mol. The highest BCUT2D eigenvalue weighted by molar-refractivity contribution is 8.00. The van der Waals surface area contributed by atoms with E-state index in [2.05, 4.69) is 16.4 Å². The van der Waals surface area contributed by atoms with Crippen molar-refractivity contribution in [3.05, 3.63) is 84.4 Å². The monoisotopic (exact) mass is 580 g/mol. The van der Waals surface area contributed by atoms with Crippen molar-refractivity contribution < 1.29 is 14.3 Å². The van der Waals surface area contributed by atoms with Gasteiger partial charge in [0.05, 0.1) is 40.4 Å². The molecule has 0 aliphatic heterocycles. The van der Waals surface area contributed by atoms with Crippen LogP contribution in [0.25, 0.3) is 32.6 Å². The Morgan fingerprint density at radius 1 is 1.00 bits per heavy atom. The van der Waals surface area contributed by atoms with Gasteiger partial charge in [-0.1, -0.05) is 72.5 Å². The van der Waals surface area contributed by atoms with Crippen molar-refractivity contribution in [3.63, 3.8) is 0 Å². The lowest BCUT2D eigenvalue weighted by Crippen LogP contribution is -2.24. The quantitative estimate of drug-likeness (QED) is 0.168. The Kier molecular flexibility index (Phi) is 8.82. The van der Waals surface area contributed by atoms with Crippen molar-refractivity contribution in [1.29, 1.82) is 5.26 Å². The molecule has 1 amide bonds. The lowest BCUT2D eigenvalue weighted by Gasteiger charge is -2.17. The predicted molar refractivity (Wildman–Crippen MR) is 166 cm³/mol. The molecule has 2 aromatic heterocycles. The second-order valence-electron chi connectivity index (χ2n) is 9.03. The molecule has 3 aromatic carbocycles. The predicted octanol–water partition coefficient (Wildman–Crippen LogP) is 7.81. The first-order chi connectivity index (χ1) is 20.0. The van der Waals surface area contributed by atoms with Crippen molar-refractivity contribution in [1.82, 2.24) is 9.97 Å². The fourth-order valence-corrected chi connectivity index (χ4v) is 6.25. The number of nitrogens with one attached hydrogen (secondary N) is 1. The van der Waals surface area contributed by atoms with Gasteiger partial charge in [-0.05, 0) is 55.3 Å². The van der Waals surface area contributed by atoms with Crippen molar-refractivity contribution in [2.45, 2.75) is 30.5 Å². The smallest absolute Gasteiger partial charge is 0.239 e. The molecule has 1 atom stereocenters. The fourth-order valence-electron chi connectivity index (χ4n) is 4.33. The summed E-state index contributed by atoms with van der Waals surface area (Å²) in [4.78, 5) is 22.9. The molecule has 2 heterocycles. The zero-order chi connectivity index (χ0) is 28.8. The molecule has 0 radical (unpaired) electrons. The minimum Gasteiger partial charge on any atom is -0.497 e. The molecule has 0 fully saturated rings. The number of ether oxygens (including phenoxy) is 2. The number of hydrogen-bond donors (Lipinski definition) is 1.